The third-order valence-electron chi connectivity index (χ3n) is 7.55. The maximum absolute atomic E-state index is 13.4. The zero-order chi connectivity index (χ0) is 28.8. The number of halogens is 1. The van der Waals surface area contributed by atoms with Gasteiger partial charge in [-0.3, -0.25) is 4.99 Å². The van der Waals surface area contributed by atoms with E-state index in [0.29, 0.717) is 31.2 Å². The molecule has 0 amide bonds. The van der Waals surface area contributed by atoms with Crippen LogP contribution in [-0.4, -0.2) is 50.7 Å². The Kier molecular flexibility index (Phi) is 10.2. The first-order valence-corrected chi connectivity index (χ1v) is 15.9. The second-order valence-corrected chi connectivity index (χ2v) is 12.8. The van der Waals surface area contributed by atoms with Crippen LogP contribution < -0.4 is 15.8 Å². The fraction of sp³-hybridized carbons (Fsp3) is 0.452. The molecule has 0 radical (unpaired) electrons. The van der Waals surface area contributed by atoms with E-state index in [9.17, 15) is 8.42 Å². The van der Waals surface area contributed by atoms with Crippen LogP contribution in [0.5, 0.6) is 5.75 Å². The molecule has 0 saturated heterocycles. The molecule has 0 spiro atoms. The number of nitrogens with zero attached hydrogens (tertiary/aromatic N) is 2. The first-order valence-electron chi connectivity index (χ1n) is 14.1. The van der Waals surface area contributed by atoms with Gasteiger partial charge in [0.25, 0.3) is 0 Å². The average Bonchev–Trinajstić information content (AvgIpc) is 3.88. The van der Waals surface area contributed by atoms with E-state index in [1.54, 1.807) is 18.2 Å². The Morgan fingerprint density at radius 1 is 1.25 bits per heavy atom. The highest BCUT2D eigenvalue weighted by Crippen LogP contribution is 2.49. The van der Waals surface area contributed by atoms with Crippen molar-refractivity contribution in [3.63, 3.8) is 0 Å². The average molecular weight is 585 g/mol. The van der Waals surface area contributed by atoms with Gasteiger partial charge >= 0.3 is 0 Å². The predicted octanol–water partition coefficient (Wildman–Crippen LogP) is 5.94. The zero-order valence-corrected chi connectivity index (χ0v) is 25.1. The van der Waals surface area contributed by atoms with Gasteiger partial charge in [0.05, 0.1) is 11.0 Å². The fourth-order valence-electron chi connectivity index (χ4n) is 4.96. The van der Waals surface area contributed by atoms with Gasteiger partial charge in [0.2, 0.25) is 10.0 Å². The Hall–Kier alpha value is -2.49. The second-order valence-electron chi connectivity index (χ2n) is 10.4. The Bertz CT molecular complexity index is 1360. The summed E-state index contributed by atoms with van der Waals surface area (Å²) in [6, 6.07) is 13.1. The van der Waals surface area contributed by atoms with Gasteiger partial charge in [-0.25, -0.2) is 8.42 Å². The van der Waals surface area contributed by atoms with E-state index in [1.807, 2.05) is 38.2 Å². The van der Waals surface area contributed by atoms with Crippen molar-refractivity contribution in [1.82, 2.24) is 9.62 Å². The molecule has 0 aliphatic heterocycles. The summed E-state index contributed by atoms with van der Waals surface area (Å²) >= 11 is 6.58. The van der Waals surface area contributed by atoms with Crippen LogP contribution in [-0.2, 0) is 16.6 Å². The van der Waals surface area contributed by atoms with E-state index in [-0.39, 0.29) is 16.5 Å². The van der Waals surface area contributed by atoms with E-state index in [2.05, 4.69) is 29.2 Å². The predicted molar refractivity (Wildman–Crippen MR) is 164 cm³/mol. The first-order chi connectivity index (χ1) is 19.3. The van der Waals surface area contributed by atoms with Crippen LogP contribution in [0.1, 0.15) is 63.5 Å². The maximum Gasteiger partial charge on any atom is 0.243 e. The van der Waals surface area contributed by atoms with Crippen molar-refractivity contribution >= 4 is 33.9 Å². The molecule has 2 aromatic carbocycles. The van der Waals surface area contributed by atoms with Gasteiger partial charge in [-0.1, -0.05) is 42.8 Å². The van der Waals surface area contributed by atoms with Crippen molar-refractivity contribution in [2.24, 2.45) is 10.7 Å². The van der Waals surface area contributed by atoms with Crippen LogP contribution in [0.25, 0.3) is 5.57 Å². The summed E-state index contributed by atoms with van der Waals surface area (Å²) in [7, 11) is -3.65. The number of aliphatic imine (C=N–C) groups is 1. The third-order valence-corrected chi connectivity index (χ3v) is 9.89. The molecule has 7 nitrogen and oxygen atoms in total. The highest BCUT2D eigenvalue weighted by atomic mass is 35.5. The second kappa shape index (κ2) is 13.4. The number of hydrogen-bond donors (Lipinski definition) is 2. The molecule has 2 fully saturated rings. The molecule has 0 heterocycles. The molecule has 9 heteroatoms. The standard InChI is InChI=1S/C31H41ClN4O3S/c1-4-26(27-10-6-7-11-30(27)39-24-12-13-24)28(22-34-3)31(16-17-31)35-21-23-20-25(14-15-29(23)32)40(37,38)36(5-2)19-9-8-18-33/h4,6-7,10-11,14-15,20,22,24,35H,3,5,8-9,12-13,16-19,21,33H2,1-2H3/b26-4-,28-22+. The lowest BCUT2D eigenvalue weighted by Gasteiger charge is -2.25. The summed E-state index contributed by atoms with van der Waals surface area (Å²) in [6.07, 6.45) is 9.71. The third kappa shape index (κ3) is 7.04. The largest absolute Gasteiger partial charge is 0.490 e. The summed E-state index contributed by atoms with van der Waals surface area (Å²) in [6.45, 7) is 9.41. The van der Waals surface area contributed by atoms with Gasteiger partial charge in [-0.05, 0) is 99.7 Å². The summed E-state index contributed by atoms with van der Waals surface area (Å²) in [5, 5.41) is 4.21. The Labute approximate surface area is 244 Å². The van der Waals surface area contributed by atoms with Crippen molar-refractivity contribution in [1.29, 1.82) is 0 Å². The topological polar surface area (TPSA) is 97.0 Å². The smallest absolute Gasteiger partial charge is 0.243 e. The molecule has 216 valence electrons. The van der Waals surface area contributed by atoms with Crippen molar-refractivity contribution < 1.29 is 13.2 Å². The summed E-state index contributed by atoms with van der Waals surface area (Å²) in [4.78, 5) is 4.41. The van der Waals surface area contributed by atoms with Crippen molar-refractivity contribution in [2.75, 3.05) is 19.6 Å². The lowest BCUT2D eigenvalue weighted by atomic mass is 9.90. The minimum absolute atomic E-state index is 0.247. The number of allylic oxidation sites excluding steroid dienone is 1. The van der Waals surface area contributed by atoms with Crippen LogP contribution in [0.3, 0.4) is 0 Å². The number of nitrogens with one attached hydrogen (secondary N) is 1. The molecule has 2 aliphatic carbocycles. The zero-order valence-electron chi connectivity index (χ0n) is 23.5. The molecule has 3 N–H and O–H groups in total. The monoisotopic (exact) mass is 584 g/mol. The molecule has 40 heavy (non-hydrogen) atoms. The number of hydrogen-bond acceptors (Lipinski definition) is 6. The van der Waals surface area contributed by atoms with Gasteiger partial charge in [-0.2, -0.15) is 4.31 Å². The maximum atomic E-state index is 13.4. The summed E-state index contributed by atoms with van der Waals surface area (Å²) < 4.78 is 34.6. The van der Waals surface area contributed by atoms with E-state index in [4.69, 9.17) is 22.1 Å². The van der Waals surface area contributed by atoms with Crippen LogP contribution in [0.15, 0.2) is 70.2 Å². The molecular formula is C31H41ClN4O3S. The van der Waals surface area contributed by atoms with Crippen molar-refractivity contribution in [2.45, 2.75) is 75.5 Å². The normalized spacial score (nSPS) is 17.2. The van der Waals surface area contributed by atoms with E-state index < -0.39 is 10.0 Å². The molecule has 4 rings (SSSR count). The molecule has 0 bridgehead atoms. The fourth-order valence-corrected chi connectivity index (χ4v) is 6.69. The number of para-hydroxylation sites is 1. The van der Waals surface area contributed by atoms with Gasteiger partial charge in [0.15, 0.2) is 0 Å². The molecule has 2 aromatic rings. The van der Waals surface area contributed by atoms with E-state index in [1.165, 1.54) is 4.31 Å². The Morgan fingerprint density at radius 2 is 2.00 bits per heavy atom. The van der Waals surface area contributed by atoms with Crippen LogP contribution in [0, 0.1) is 0 Å². The van der Waals surface area contributed by atoms with Gasteiger partial charge in [0, 0.05) is 42.0 Å². The minimum Gasteiger partial charge on any atom is -0.490 e. The molecule has 0 aromatic heterocycles. The van der Waals surface area contributed by atoms with Gasteiger partial charge in [-0.15, -0.1) is 0 Å². The number of sulfonamides is 1. The first kappa shape index (κ1) is 30.5. The van der Waals surface area contributed by atoms with E-state index in [0.717, 1.165) is 66.5 Å². The molecule has 0 atom stereocenters. The molecule has 2 aliphatic rings. The molecular weight excluding hydrogens is 544 g/mol. The number of rotatable bonds is 16. The van der Waals surface area contributed by atoms with Crippen LogP contribution in [0.2, 0.25) is 5.02 Å². The van der Waals surface area contributed by atoms with Crippen LogP contribution >= 0.6 is 11.6 Å². The summed E-state index contributed by atoms with van der Waals surface area (Å²) in [5.41, 5.74) is 9.12. The highest BCUT2D eigenvalue weighted by molar-refractivity contribution is 7.89. The number of ether oxygens (including phenoxy) is 1. The number of benzene rings is 2. The van der Waals surface area contributed by atoms with E-state index >= 15 is 0 Å². The quantitative estimate of drug-likeness (QED) is 0.145. The summed E-state index contributed by atoms with van der Waals surface area (Å²) in [5.74, 6) is 0.872. The minimum atomic E-state index is -3.65. The lowest BCUT2D eigenvalue weighted by Crippen LogP contribution is -2.34. The Balaban J connectivity index is 1.57. The molecule has 0 unspecified atom stereocenters. The SMILES string of the molecule is C=N/C=C(\C(=C/C)c1ccccc1OC1CC1)C1(NCc2cc(S(=O)(=O)N(CC)CCCCN)ccc2Cl)CC1. The molecule has 2 saturated carbocycles. The highest BCUT2D eigenvalue weighted by Gasteiger charge is 2.47. The van der Waals surface area contributed by atoms with Gasteiger partial charge < -0.3 is 15.8 Å². The number of nitrogens with two attached hydrogens (primary N) is 1. The van der Waals surface area contributed by atoms with Gasteiger partial charge in [0.1, 0.15) is 5.75 Å². The van der Waals surface area contributed by atoms with Crippen molar-refractivity contribution in [3.05, 3.63) is 76.5 Å². The lowest BCUT2D eigenvalue weighted by molar-refractivity contribution is 0.302. The Morgan fingerprint density at radius 3 is 2.62 bits per heavy atom. The number of unbranched alkanes of at least 4 members (excludes halogenated alkanes) is 1. The van der Waals surface area contributed by atoms with Crippen LogP contribution in [0.4, 0.5) is 0 Å². The van der Waals surface area contributed by atoms with Crippen molar-refractivity contribution in [3.8, 4) is 5.75 Å².